The molecule has 1 aromatic carbocycles. The number of hydrogen-bond donors (Lipinski definition) is 1. The molecule has 27 heavy (non-hydrogen) atoms. The van der Waals surface area contributed by atoms with Crippen LogP contribution in [0.3, 0.4) is 0 Å². The third-order valence-electron chi connectivity index (χ3n) is 3.92. The van der Waals surface area contributed by atoms with Gasteiger partial charge in [-0.1, -0.05) is 6.07 Å². The van der Waals surface area contributed by atoms with Crippen LogP contribution >= 0.6 is 0 Å². The molecule has 1 heterocycles. The minimum atomic E-state index is -1.14. The summed E-state index contributed by atoms with van der Waals surface area (Å²) >= 11 is 0. The van der Waals surface area contributed by atoms with Gasteiger partial charge in [0, 0.05) is 5.69 Å². The number of rotatable bonds is 6. The third kappa shape index (κ3) is 4.66. The minimum absolute atomic E-state index is 0.171. The van der Waals surface area contributed by atoms with Crippen molar-refractivity contribution in [1.82, 2.24) is 9.78 Å². The van der Waals surface area contributed by atoms with E-state index in [1.54, 1.807) is 6.92 Å². The van der Waals surface area contributed by atoms with Crippen LogP contribution in [0.15, 0.2) is 18.2 Å². The van der Waals surface area contributed by atoms with Crippen LogP contribution in [0.4, 0.5) is 15.8 Å². The van der Waals surface area contributed by atoms with Crippen molar-refractivity contribution < 1.29 is 23.6 Å². The van der Waals surface area contributed by atoms with Crippen molar-refractivity contribution in [2.75, 3.05) is 5.32 Å². The zero-order valence-electron chi connectivity index (χ0n) is 15.3. The summed E-state index contributed by atoms with van der Waals surface area (Å²) in [6.45, 7) is 5.50. The first kappa shape index (κ1) is 20.0. The Labute approximate surface area is 154 Å². The average Bonchev–Trinajstić information content (AvgIpc) is 2.84. The van der Waals surface area contributed by atoms with E-state index in [4.69, 9.17) is 4.74 Å². The van der Waals surface area contributed by atoms with Gasteiger partial charge in [0.25, 0.3) is 5.91 Å². The number of nitrogens with one attached hydrogen (secondary N) is 1. The molecule has 0 saturated heterocycles. The van der Waals surface area contributed by atoms with Crippen molar-refractivity contribution in [3.05, 3.63) is 51.1 Å². The van der Waals surface area contributed by atoms with Gasteiger partial charge < -0.3 is 10.1 Å². The molecule has 10 heteroatoms. The van der Waals surface area contributed by atoms with Gasteiger partial charge >= 0.3 is 11.7 Å². The summed E-state index contributed by atoms with van der Waals surface area (Å²) in [5.74, 6) is -1.89. The minimum Gasteiger partial charge on any atom is -0.451 e. The van der Waals surface area contributed by atoms with Gasteiger partial charge in [0.15, 0.2) is 6.10 Å². The fourth-order valence-corrected chi connectivity index (χ4v) is 2.43. The number of anilines is 1. The lowest BCUT2D eigenvalue weighted by Crippen LogP contribution is -2.31. The lowest BCUT2D eigenvalue weighted by Gasteiger charge is -2.14. The van der Waals surface area contributed by atoms with E-state index >= 15 is 0 Å². The van der Waals surface area contributed by atoms with E-state index in [9.17, 15) is 24.1 Å². The number of benzene rings is 1. The Hall–Kier alpha value is -3.30. The first-order valence-electron chi connectivity index (χ1n) is 8.05. The molecule has 1 amide bonds. The van der Waals surface area contributed by atoms with Crippen molar-refractivity contribution in [3.63, 3.8) is 0 Å². The summed E-state index contributed by atoms with van der Waals surface area (Å²) in [6, 6.07) is 4.20. The highest BCUT2D eigenvalue weighted by atomic mass is 19.1. The Morgan fingerprint density at radius 2 is 2.04 bits per heavy atom. The number of amides is 1. The molecule has 2 aromatic rings. The fourth-order valence-electron chi connectivity index (χ4n) is 2.43. The van der Waals surface area contributed by atoms with Crippen LogP contribution < -0.4 is 5.32 Å². The topological polar surface area (TPSA) is 116 Å². The lowest BCUT2D eigenvalue weighted by molar-refractivity contribution is -0.386. The van der Waals surface area contributed by atoms with Crippen LogP contribution in [-0.4, -0.2) is 32.7 Å². The number of aromatic nitrogens is 2. The van der Waals surface area contributed by atoms with Gasteiger partial charge in [-0.25, -0.2) is 4.39 Å². The van der Waals surface area contributed by atoms with Crippen LogP contribution in [0.25, 0.3) is 0 Å². The number of esters is 1. The van der Waals surface area contributed by atoms with Gasteiger partial charge in [0.05, 0.1) is 4.92 Å². The number of carbonyl (C=O) groups excluding carboxylic acids is 2. The number of hydrogen-bond acceptors (Lipinski definition) is 6. The largest absolute Gasteiger partial charge is 0.451 e. The monoisotopic (exact) mass is 378 g/mol. The fraction of sp³-hybridized carbons (Fsp3) is 0.353. The van der Waals surface area contributed by atoms with Crippen LogP contribution in [0.2, 0.25) is 0 Å². The predicted molar refractivity (Wildman–Crippen MR) is 93.7 cm³/mol. The summed E-state index contributed by atoms with van der Waals surface area (Å²) < 4.78 is 19.7. The molecule has 0 bridgehead atoms. The molecule has 0 aliphatic heterocycles. The molecule has 1 N–H and O–H groups in total. The smallest absolute Gasteiger partial charge is 0.328 e. The van der Waals surface area contributed by atoms with Crippen molar-refractivity contribution in [2.45, 2.75) is 40.3 Å². The number of aryl methyl sites for hydroxylation is 2. The van der Waals surface area contributed by atoms with Gasteiger partial charge in [0.1, 0.15) is 23.7 Å². The number of nitro groups is 1. The maximum Gasteiger partial charge on any atom is 0.328 e. The quantitative estimate of drug-likeness (QED) is 0.469. The Morgan fingerprint density at radius 3 is 2.59 bits per heavy atom. The molecule has 144 valence electrons. The van der Waals surface area contributed by atoms with Crippen molar-refractivity contribution in [2.24, 2.45) is 0 Å². The molecule has 0 fully saturated rings. The second-order valence-corrected chi connectivity index (χ2v) is 6.02. The van der Waals surface area contributed by atoms with Gasteiger partial charge in [0.2, 0.25) is 0 Å². The molecular formula is C17H19FN4O5. The maximum atomic E-state index is 13.5. The standard InChI is InChI=1S/C17H19FN4O5/c1-9-5-6-13(7-14(9)18)19-17(24)12(4)27-15(23)8-21-11(3)16(22(25)26)10(2)20-21/h5-7,12H,8H2,1-4H3,(H,19,24)/t12-/m1/s1. The highest BCUT2D eigenvalue weighted by Crippen LogP contribution is 2.21. The lowest BCUT2D eigenvalue weighted by atomic mass is 10.2. The van der Waals surface area contributed by atoms with Crippen LogP contribution in [0, 0.1) is 36.7 Å². The SMILES string of the molecule is Cc1ccc(NC(=O)[C@@H](C)OC(=O)Cn2nc(C)c([N+](=O)[O-])c2C)cc1F. The van der Waals surface area contributed by atoms with Crippen molar-refractivity contribution in [3.8, 4) is 0 Å². The molecule has 0 spiro atoms. The number of nitrogens with zero attached hydrogens (tertiary/aromatic N) is 3. The van der Waals surface area contributed by atoms with E-state index in [0.29, 0.717) is 5.56 Å². The summed E-state index contributed by atoms with van der Waals surface area (Å²) in [4.78, 5) is 34.5. The normalized spacial score (nSPS) is 11.7. The van der Waals surface area contributed by atoms with E-state index in [2.05, 4.69) is 10.4 Å². The first-order chi connectivity index (χ1) is 12.6. The number of carbonyl (C=O) groups is 2. The summed E-state index contributed by atoms with van der Waals surface area (Å²) in [5.41, 5.74) is 0.890. The average molecular weight is 378 g/mol. The molecule has 1 atom stereocenters. The zero-order valence-corrected chi connectivity index (χ0v) is 15.3. The molecule has 0 aliphatic rings. The molecule has 1 aromatic heterocycles. The van der Waals surface area contributed by atoms with E-state index in [1.807, 2.05) is 0 Å². The van der Waals surface area contributed by atoms with E-state index in [0.717, 1.165) is 10.7 Å². The van der Waals surface area contributed by atoms with Crippen LogP contribution in [0.1, 0.15) is 23.9 Å². The molecule has 0 radical (unpaired) electrons. The Kier molecular flexibility index (Phi) is 5.88. The van der Waals surface area contributed by atoms with Crippen molar-refractivity contribution >= 4 is 23.3 Å². The second-order valence-electron chi connectivity index (χ2n) is 6.02. The van der Waals surface area contributed by atoms with Gasteiger partial charge in [-0.05, 0) is 45.4 Å². The van der Waals surface area contributed by atoms with Crippen molar-refractivity contribution in [1.29, 1.82) is 0 Å². The molecule has 0 unspecified atom stereocenters. The van der Waals surface area contributed by atoms with Gasteiger partial charge in [-0.3, -0.25) is 24.4 Å². The van der Waals surface area contributed by atoms with E-state index in [1.165, 1.54) is 32.9 Å². The highest BCUT2D eigenvalue weighted by Gasteiger charge is 2.24. The summed E-state index contributed by atoms with van der Waals surface area (Å²) in [7, 11) is 0. The van der Waals surface area contributed by atoms with E-state index in [-0.39, 0.29) is 29.3 Å². The molecule has 0 aliphatic carbocycles. The summed E-state index contributed by atoms with van der Waals surface area (Å²) in [6.07, 6.45) is -1.14. The van der Waals surface area contributed by atoms with Gasteiger partial charge in [-0.15, -0.1) is 0 Å². The predicted octanol–water partition coefficient (Wildman–Crippen LogP) is 2.43. The first-order valence-corrected chi connectivity index (χ1v) is 8.05. The molecular weight excluding hydrogens is 359 g/mol. The molecule has 2 rings (SSSR count). The highest BCUT2D eigenvalue weighted by molar-refractivity contribution is 5.95. The number of ether oxygens (including phenoxy) is 1. The second kappa shape index (κ2) is 7.94. The third-order valence-corrected chi connectivity index (χ3v) is 3.92. The Bertz CT molecular complexity index is 909. The maximum absolute atomic E-state index is 13.5. The van der Waals surface area contributed by atoms with Gasteiger partial charge in [-0.2, -0.15) is 5.10 Å². The van der Waals surface area contributed by atoms with E-state index < -0.39 is 28.7 Å². The summed E-state index contributed by atoms with van der Waals surface area (Å²) in [5, 5.41) is 17.4. The molecule has 9 nitrogen and oxygen atoms in total. The molecule has 0 saturated carbocycles. The van der Waals surface area contributed by atoms with Crippen LogP contribution in [0.5, 0.6) is 0 Å². The zero-order chi connectivity index (χ0) is 20.3. The Morgan fingerprint density at radius 1 is 1.37 bits per heavy atom. The Balaban J connectivity index is 1.98. The van der Waals surface area contributed by atoms with Crippen LogP contribution in [-0.2, 0) is 20.9 Å². The number of halogens is 1.